The molecule has 1 saturated carbocycles. The highest BCUT2D eigenvalue weighted by Gasteiger charge is 2.34. The molecule has 2 aromatic heterocycles. The molecule has 0 spiro atoms. The zero-order valence-corrected chi connectivity index (χ0v) is 21.4. The topological polar surface area (TPSA) is 99.0 Å². The van der Waals surface area contributed by atoms with Crippen molar-refractivity contribution in [3.63, 3.8) is 0 Å². The number of likely N-dealkylation sites (N-methyl/N-ethyl adjacent to an activating group) is 1. The molecule has 192 valence electrons. The van der Waals surface area contributed by atoms with Crippen LogP contribution >= 0.6 is 0 Å². The van der Waals surface area contributed by atoms with Gasteiger partial charge in [-0.2, -0.15) is 0 Å². The number of hydrogen-bond donors (Lipinski definition) is 2. The fraction of sp³-hybridized carbons (Fsp3) is 0.536. The number of fused-ring (bicyclic) bond motifs is 1. The molecule has 1 aliphatic heterocycles. The first-order valence-electron chi connectivity index (χ1n) is 12.7. The minimum atomic E-state index is -0.970. The number of ether oxygens (including phenoxy) is 1. The van der Waals surface area contributed by atoms with Gasteiger partial charge in [0.2, 0.25) is 5.88 Å². The number of rotatable bonds is 6. The van der Waals surface area contributed by atoms with E-state index in [0.717, 1.165) is 24.9 Å². The smallest absolute Gasteiger partial charge is 0.259 e. The number of hydrogen-bond acceptors (Lipinski definition) is 7. The Hall–Kier alpha value is -2.99. The molecule has 3 atom stereocenters. The standard InChI is InChI=1S/C28H36N4O4/c1-20-16-32(21(2)19-33)27(34)24-14-23(6-11-28(35)9-4-5-10-28)15-30-26(24)36-25(20)18-31(3)17-22-7-12-29-13-8-22/h7-8,12-15,20-21,25,33,35H,4-5,9-10,16-19H2,1-3H3/t20-,21-,25-/m1/s1. The van der Waals surface area contributed by atoms with Crippen LogP contribution in [0.5, 0.6) is 5.88 Å². The van der Waals surface area contributed by atoms with E-state index in [-0.39, 0.29) is 36.5 Å². The Morgan fingerprint density at radius 1 is 1.31 bits per heavy atom. The minimum absolute atomic E-state index is 0.00821. The van der Waals surface area contributed by atoms with Gasteiger partial charge in [-0.1, -0.05) is 18.8 Å². The number of nitrogens with zero attached hydrogens (tertiary/aromatic N) is 4. The molecule has 36 heavy (non-hydrogen) atoms. The zero-order valence-electron chi connectivity index (χ0n) is 21.4. The van der Waals surface area contributed by atoms with E-state index in [0.29, 0.717) is 37.1 Å². The third-order valence-corrected chi connectivity index (χ3v) is 7.08. The molecule has 8 heteroatoms. The second-order valence-electron chi connectivity index (χ2n) is 10.2. The number of pyridine rings is 2. The van der Waals surface area contributed by atoms with E-state index < -0.39 is 5.60 Å². The third kappa shape index (κ3) is 6.22. The quantitative estimate of drug-likeness (QED) is 0.598. The monoisotopic (exact) mass is 492 g/mol. The van der Waals surface area contributed by atoms with Gasteiger partial charge in [0.05, 0.1) is 12.6 Å². The van der Waals surface area contributed by atoms with Gasteiger partial charge in [0.25, 0.3) is 5.91 Å². The van der Waals surface area contributed by atoms with E-state index in [9.17, 15) is 15.0 Å². The first-order chi connectivity index (χ1) is 17.3. The summed E-state index contributed by atoms with van der Waals surface area (Å²) >= 11 is 0. The van der Waals surface area contributed by atoms with Crippen LogP contribution < -0.4 is 4.74 Å². The number of aliphatic hydroxyl groups excluding tert-OH is 1. The Morgan fingerprint density at radius 3 is 2.72 bits per heavy atom. The molecule has 2 aromatic rings. The fourth-order valence-corrected chi connectivity index (χ4v) is 4.83. The van der Waals surface area contributed by atoms with Crippen LogP contribution in [-0.2, 0) is 6.54 Å². The van der Waals surface area contributed by atoms with Crippen LogP contribution in [0.15, 0.2) is 36.8 Å². The molecule has 1 amide bonds. The van der Waals surface area contributed by atoms with E-state index in [1.54, 1.807) is 29.6 Å². The molecular formula is C28H36N4O4. The lowest BCUT2D eigenvalue weighted by molar-refractivity contribution is 0.0325. The van der Waals surface area contributed by atoms with E-state index in [2.05, 4.69) is 33.6 Å². The van der Waals surface area contributed by atoms with Gasteiger partial charge in [0.1, 0.15) is 17.3 Å². The highest BCUT2D eigenvalue weighted by atomic mass is 16.5. The van der Waals surface area contributed by atoms with Crippen molar-refractivity contribution in [1.29, 1.82) is 0 Å². The Labute approximate surface area is 213 Å². The van der Waals surface area contributed by atoms with Crippen molar-refractivity contribution in [2.75, 3.05) is 26.7 Å². The van der Waals surface area contributed by atoms with Gasteiger partial charge in [0.15, 0.2) is 0 Å². The highest BCUT2D eigenvalue weighted by Crippen LogP contribution is 2.30. The summed E-state index contributed by atoms with van der Waals surface area (Å²) in [4.78, 5) is 26.0. The molecule has 0 aromatic carbocycles. The normalized spacial score (nSPS) is 22.2. The summed E-state index contributed by atoms with van der Waals surface area (Å²) in [5.41, 5.74) is 1.07. The first kappa shape index (κ1) is 26.1. The van der Waals surface area contributed by atoms with Gasteiger partial charge >= 0.3 is 0 Å². The number of carbonyl (C=O) groups excluding carboxylic acids is 1. The second-order valence-corrected chi connectivity index (χ2v) is 10.2. The lowest BCUT2D eigenvalue weighted by Gasteiger charge is -2.37. The van der Waals surface area contributed by atoms with E-state index in [1.807, 2.05) is 26.1 Å². The van der Waals surface area contributed by atoms with Crippen molar-refractivity contribution in [1.82, 2.24) is 19.8 Å². The van der Waals surface area contributed by atoms with Gasteiger partial charge in [-0.05, 0) is 63.4 Å². The molecule has 0 radical (unpaired) electrons. The average molecular weight is 493 g/mol. The number of aromatic nitrogens is 2. The van der Waals surface area contributed by atoms with Gasteiger partial charge in [-0.25, -0.2) is 4.98 Å². The van der Waals surface area contributed by atoms with Gasteiger partial charge in [-0.15, -0.1) is 0 Å². The second kappa shape index (κ2) is 11.4. The van der Waals surface area contributed by atoms with Crippen molar-refractivity contribution < 1.29 is 19.7 Å². The van der Waals surface area contributed by atoms with Crippen molar-refractivity contribution in [2.45, 2.75) is 63.8 Å². The third-order valence-electron chi connectivity index (χ3n) is 7.08. The molecule has 0 unspecified atom stereocenters. The highest BCUT2D eigenvalue weighted by molar-refractivity contribution is 5.97. The summed E-state index contributed by atoms with van der Waals surface area (Å²) < 4.78 is 6.37. The molecule has 8 nitrogen and oxygen atoms in total. The predicted octanol–water partition coefficient (Wildman–Crippen LogP) is 2.49. The van der Waals surface area contributed by atoms with Crippen molar-refractivity contribution in [3.05, 3.63) is 53.5 Å². The minimum Gasteiger partial charge on any atom is -0.472 e. The number of amides is 1. The molecule has 1 aliphatic carbocycles. The van der Waals surface area contributed by atoms with Gasteiger partial charge in [0, 0.05) is 49.7 Å². The van der Waals surface area contributed by atoms with E-state index in [1.165, 1.54) is 0 Å². The maximum absolute atomic E-state index is 13.6. The molecule has 1 fully saturated rings. The summed E-state index contributed by atoms with van der Waals surface area (Å²) in [6.45, 7) is 5.58. The molecule has 2 aliphatic rings. The van der Waals surface area contributed by atoms with Crippen LogP contribution in [0, 0.1) is 17.8 Å². The lowest BCUT2D eigenvalue weighted by Crippen LogP contribution is -2.49. The van der Waals surface area contributed by atoms with Crippen LogP contribution in [0.1, 0.15) is 61.0 Å². The maximum Gasteiger partial charge on any atom is 0.259 e. The average Bonchev–Trinajstić information content (AvgIpc) is 3.31. The predicted molar refractivity (Wildman–Crippen MR) is 136 cm³/mol. The largest absolute Gasteiger partial charge is 0.472 e. The van der Waals surface area contributed by atoms with Crippen LogP contribution in [0.25, 0.3) is 0 Å². The zero-order chi connectivity index (χ0) is 25.7. The van der Waals surface area contributed by atoms with Crippen LogP contribution in [-0.4, -0.2) is 80.4 Å². The summed E-state index contributed by atoms with van der Waals surface area (Å²) in [5, 5.41) is 20.5. The molecule has 0 saturated heterocycles. The molecule has 0 bridgehead atoms. The number of aliphatic hydroxyl groups is 2. The van der Waals surface area contributed by atoms with Crippen LogP contribution in [0.2, 0.25) is 0 Å². The number of carbonyl (C=O) groups is 1. The van der Waals surface area contributed by atoms with Crippen molar-refractivity contribution in [3.8, 4) is 17.7 Å². The first-order valence-corrected chi connectivity index (χ1v) is 12.7. The maximum atomic E-state index is 13.6. The SMILES string of the molecule is C[C@@H]1CN([C@H](C)CO)C(=O)c2cc(C#CC3(O)CCCC3)cnc2O[C@@H]1CN(C)Cc1ccncc1. The van der Waals surface area contributed by atoms with E-state index >= 15 is 0 Å². The summed E-state index contributed by atoms with van der Waals surface area (Å²) in [5.74, 6) is 6.05. The van der Waals surface area contributed by atoms with Crippen molar-refractivity contribution >= 4 is 5.91 Å². The Morgan fingerprint density at radius 2 is 2.03 bits per heavy atom. The Bertz CT molecular complexity index is 1110. The van der Waals surface area contributed by atoms with Gasteiger partial charge < -0.3 is 19.8 Å². The molecular weight excluding hydrogens is 456 g/mol. The Balaban J connectivity index is 1.61. The molecule has 2 N–H and O–H groups in total. The van der Waals surface area contributed by atoms with Crippen LogP contribution in [0.3, 0.4) is 0 Å². The van der Waals surface area contributed by atoms with Gasteiger partial charge in [-0.3, -0.25) is 14.7 Å². The molecule has 3 heterocycles. The Kier molecular flexibility index (Phi) is 8.24. The lowest BCUT2D eigenvalue weighted by atomic mass is 9.99. The fourth-order valence-electron chi connectivity index (χ4n) is 4.83. The summed E-state index contributed by atoms with van der Waals surface area (Å²) in [6, 6.07) is 5.32. The summed E-state index contributed by atoms with van der Waals surface area (Å²) in [6.07, 6.45) is 8.19. The van der Waals surface area contributed by atoms with Crippen molar-refractivity contribution in [2.24, 2.45) is 5.92 Å². The molecule has 4 rings (SSSR count). The van der Waals surface area contributed by atoms with E-state index in [4.69, 9.17) is 4.74 Å². The van der Waals surface area contributed by atoms with Crippen LogP contribution in [0.4, 0.5) is 0 Å². The summed E-state index contributed by atoms with van der Waals surface area (Å²) in [7, 11) is 2.04.